The van der Waals surface area contributed by atoms with Crippen molar-refractivity contribution in [2.24, 2.45) is 16.6 Å². The van der Waals surface area contributed by atoms with Crippen molar-refractivity contribution in [3.63, 3.8) is 0 Å². The van der Waals surface area contributed by atoms with Gasteiger partial charge >= 0.3 is 0 Å². The summed E-state index contributed by atoms with van der Waals surface area (Å²) >= 11 is 0. The molecule has 1 amide bonds. The summed E-state index contributed by atoms with van der Waals surface area (Å²) in [6.45, 7) is 8.42. The number of aliphatic imine (C=N–C) groups is 1. The topological polar surface area (TPSA) is 75.8 Å². The second kappa shape index (κ2) is 8.82. The highest BCUT2D eigenvalue weighted by molar-refractivity contribution is 6.06. The molecule has 5 heteroatoms. The summed E-state index contributed by atoms with van der Waals surface area (Å²) in [4.78, 5) is 31.1. The van der Waals surface area contributed by atoms with Crippen LogP contribution < -0.4 is 5.73 Å². The van der Waals surface area contributed by atoms with Gasteiger partial charge in [0.1, 0.15) is 5.54 Å². The van der Waals surface area contributed by atoms with Crippen molar-refractivity contribution in [3.05, 3.63) is 59.7 Å². The molecule has 1 unspecified atom stereocenters. The molecule has 2 aromatic carbocycles. The van der Waals surface area contributed by atoms with Gasteiger partial charge in [0, 0.05) is 12.0 Å². The number of nitrogens with zero attached hydrogens (tertiary/aromatic N) is 2. The number of carbonyl (C=O) groups is 2. The molecule has 30 heavy (non-hydrogen) atoms. The van der Waals surface area contributed by atoms with E-state index >= 15 is 0 Å². The molecule has 158 valence electrons. The third kappa shape index (κ3) is 4.61. The molecule has 5 nitrogen and oxygen atoms in total. The van der Waals surface area contributed by atoms with Crippen molar-refractivity contribution in [3.8, 4) is 11.1 Å². The van der Waals surface area contributed by atoms with Crippen molar-refractivity contribution in [2.75, 3.05) is 0 Å². The highest BCUT2D eigenvalue weighted by atomic mass is 16.2. The molecular formula is C25H31N3O2. The lowest BCUT2D eigenvalue weighted by Crippen LogP contribution is -2.43. The minimum atomic E-state index is -0.781. The van der Waals surface area contributed by atoms with Gasteiger partial charge in [-0.1, -0.05) is 63.2 Å². The molecule has 1 heterocycles. The highest BCUT2D eigenvalue weighted by Gasteiger charge is 2.43. The first kappa shape index (κ1) is 21.8. The minimum absolute atomic E-state index is 0.0436. The largest absolute Gasteiger partial charge is 0.369 e. The fourth-order valence-corrected chi connectivity index (χ4v) is 4.09. The molecule has 1 aliphatic heterocycles. The van der Waals surface area contributed by atoms with Crippen LogP contribution in [0.2, 0.25) is 0 Å². The summed E-state index contributed by atoms with van der Waals surface area (Å²) in [6, 6.07) is 15.7. The predicted molar refractivity (Wildman–Crippen MR) is 121 cm³/mol. The van der Waals surface area contributed by atoms with Crippen LogP contribution >= 0.6 is 0 Å². The van der Waals surface area contributed by atoms with E-state index in [1.54, 1.807) is 4.90 Å². The Bertz CT molecular complexity index is 963. The van der Waals surface area contributed by atoms with E-state index in [-0.39, 0.29) is 17.6 Å². The summed E-state index contributed by atoms with van der Waals surface area (Å²) < 4.78 is 0. The molecule has 1 atom stereocenters. The number of guanidine groups is 1. The van der Waals surface area contributed by atoms with Crippen LogP contribution in [0.3, 0.4) is 0 Å². The first-order valence-electron chi connectivity index (χ1n) is 10.6. The van der Waals surface area contributed by atoms with Crippen LogP contribution in [0.5, 0.6) is 0 Å². The summed E-state index contributed by atoms with van der Waals surface area (Å²) in [5.41, 5.74) is 9.13. The van der Waals surface area contributed by atoms with E-state index < -0.39 is 5.54 Å². The smallest absolute Gasteiger partial charge is 0.257 e. The number of nitrogens with two attached hydrogens (primary N) is 1. The second-order valence-electron chi connectivity index (χ2n) is 8.68. The third-order valence-corrected chi connectivity index (χ3v) is 5.43. The first-order chi connectivity index (χ1) is 14.2. The Morgan fingerprint density at radius 2 is 1.83 bits per heavy atom. The van der Waals surface area contributed by atoms with Gasteiger partial charge in [-0.2, -0.15) is 0 Å². The van der Waals surface area contributed by atoms with Gasteiger partial charge in [-0.3, -0.25) is 14.5 Å². The number of ketones is 1. The number of Topliss-reactive ketones (excluding diaryl/α,β-unsaturated/α-hetero) is 1. The fraction of sp³-hybridized carbons (Fsp3) is 0.400. The van der Waals surface area contributed by atoms with Gasteiger partial charge in [0.2, 0.25) is 0 Å². The Labute approximate surface area is 179 Å². The maximum Gasteiger partial charge on any atom is 0.257 e. The van der Waals surface area contributed by atoms with Crippen LogP contribution in [0.1, 0.15) is 62.9 Å². The molecule has 0 radical (unpaired) electrons. The maximum atomic E-state index is 13.0. The van der Waals surface area contributed by atoms with Gasteiger partial charge in [-0.15, -0.1) is 0 Å². The summed E-state index contributed by atoms with van der Waals surface area (Å²) in [7, 11) is 0. The van der Waals surface area contributed by atoms with Crippen LogP contribution in [-0.4, -0.2) is 28.1 Å². The van der Waals surface area contributed by atoms with Gasteiger partial charge in [0.05, 0.1) is 6.54 Å². The Kier molecular flexibility index (Phi) is 6.40. The molecule has 1 aliphatic rings. The molecule has 3 rings (SSSR count). The molecule has 0 fully saturated rings. The number of benzene rings is 2. The van der Waals surface area contributed by atoms with E-state index in [1.165, 1.54) is 0 Å². The molecular weight excluding hydrogens is 374 g/mol. The summed E-state index contributed by atoms with van der Waals surface area (Å²) in [5.74, 6) is 0.765. The Morgan fingerprint density at radius 1 is 1.13 bits per heavy atom. The molecule has 2 aromatic rings. The van der Waals surface area contributed by atoms with E-state index in [4.69, 9.17) is 5.73 Å². The summed E-state index contributed by atoms with van der Waals surface area (Å²) in [6.07, 6.45) is 2.09. The monoisotopic (exact) mass is 405 g/mol. The zero-order chi connectivity index (χ0) is 21.9. The van der Waals surface area contributed by atoms with Crippen molar-refractivity contribution >= 4 is 17.6 Å². The standard InChI is InChI=1S/C25H31N3O2/c1-5-7-22(29)20-12-10-19(11-13-20)21-9-6-8-18(14-21)16-28-23(30)25(4,15-17(2)3)27-24(28)26/h6,8-14,17H,5,7,15-16H2,1-4H3,(H2,26,27). The van der Waals surface area contributed by atoms with Crippen LogP contribution in [0, 0.1) is 5.92 Å². The number of hydrogen-bond acceptors (Lipinski definition) is 4. The highest BCUT2D eigenvalue weighted by Crippen LogP contribution is 2.30. The lowest BCUT2D eigenvalue weighted by molar-refractivity contribution is -0.131. The number of amides is 1. The Hall–Kier alpha value is -2.95. The predicted octanol–water partition coefficient (Wildman–Crippen LogP) is 4.80. The first-order valence-corrected chi connectivity index (χ1v) is 10.6. The fourth-order valence-electron chi connectivity index (χ4n) is 4.09. The lowest BCUT2D eigenvalue weighted by Gasteiger charge is -2.23. The van der Waals surface area contributed by atoms with Gasteiger partial charge < -0.3 is 5.73 Å². The second-order valence-corrected chi connectivity index (χ2v) is 8.68. The normalized spacial score (nSPS) is 18.8. The molecule has 0 bridgehead atoms. The van der Waals surface area contributed by atoms with Crippen molar-refractivity contribution < 1.29 is 9.59 Å². The minimum Gasteiger partial charge on any atom is -0.369 e. The van der Waals surface area contributed by atoms with E-state index in [2.05, 4.69) is 24.9 Å². The van der Waals surface area contributed by atoms with E-state index in [1.807, 2.05) is 56.3 Å². The molecule has 0 saturated heterocycles. The van der Waals surface area contributed by atoms with E-state index in [0.29, 0.717) is 25.3 Å². The number of carbonyl (C=O) groups excluding carboxylic acids is 2. The third-order valence-electron chi connectivity index (χ3n) is 5.43. The van der Waals surface area contributed by atoms with Crippen molar-refractivity contribution in [1.29, 1.82) is 0 Å². The van der Waals surface area contributed by atoms with Gasteiger partial charge in [-0.25, -0.2) is 4.99 Å². The Morgan fingerprint density at radius 3 is 2.47 bits per heavy atom. The SMILES string of the molecule is CCCC(=O)c1ccc(-c2cccc(CN3C(=O)C(C)(CC(C)C)N=C3N)c2)cc1. The molecule has 0 spiro atoms. The average molecular weight is 406 g/mol. The van der Waals surface area contributed by atoms with Crippen molar-refractivity contribution in [1.82, 2.24) is 4.90 Å². The zero-order valence-corrected chi connectivity index (χ0v) is 18.3. The number of rotatable bonds is 8. The molecule has 0 aromatic heterocycles. The average Bonchev–Trinajstić information content (AvgIpc) is 2.90. The zero-order valence-electron chi connectivity index (χ0n) is 18.3. The molecule has 2 N–H and O–H groups in total. The van der Waals surface area contributed by atoms with Crippen LogP contribution in [0.25, 0.3) is 11.1 Å². The van der Waals surface area contributed by atoms with E-state index in [0.717, 1.165) is 28.7 Å². The number of hydrogen-bond donors (Lipinski definition) is 1. The summed E-state index contributed by atoms with van der Waals surface area (Å²) in [5, 5.41) is 0. The van der Waals surface area contributed by atoms with Crippen LogP contribution in [0.4, 0.5) is 0 Å². The van der Waals surface area contributed by atoms with Crippen LogP contribution in [0.15, 0.2) is 53.5 Å². The van der Waals surface area contributed by atoms with Gasteiger partial charge in [0.15, 0.2) is 11.7 Å². The lowest BCUT2D eigenvalue weighted by atomic mass is 9.91. The maximum absolute atomic E-state index is 13.0. The van der Waals surface area contributed by atoms with Crippen molar-refractivity contribution in [2.45, 2.75) is 59.0 Å². The Balaban J connectivity index is 1.77. The molecule has 0 saturated carbocycles. The molecule has 0 aliphatic carbocycles. The van der Waals surface area contributed by atoms with E-state index in [9.17, 15) is 9.59 Å². The van der Waals surface area contributed by atoms with Gasteiger partial charge in [-0.05, 0) is 48.4 Å². The quantitative estimate of drug-likeness (QED) is 0.641. The van der Waals surface area contributed by atoms with Crippen LogP contribution in [-0.2, 0) is 11.3 Å². The van der Waals surface area contributed by atoms with Gasteiger partial charge in [0.25, 0.3) is 5.91 Å².